The summed E-state index contributed by atoms with van der Waals surface area (Å²) in [6.07, 6.45) is 4.23. The van der Waals surface area contributed by atoms with Gasteiger partial charge in [0.2, 0.25) is 0 Å². The van der Waals surface area contributed by atoms with Crippen LogP contribution in [0.2, 0.25) is 5.02 Å². The minimum atomic E-state index is 0.762. The minimum absolute atomic E-state index is 0.762. The average molecular weight is 235 g/mol. The Hall–Kier alpha value is -1.41. The van der Waals surface area contributed by atoms with Gasteiger partial charge in [0.15, 0.2) is 0 Å². The highest BCUT2D eigenvalue weighted by Gasteiger charge is 1.99. The van der Waals surface area contributed by atoms with Crippen molar-refractivity contribution < 1.29 is 0 Å². The number of benzene rings is 1. The van der Waals surface area contributed by atoms with Crippen molar-refractivity contribution in [1.82, 2.24) is 4.57 Å². The second-order valence-electron chi connectivity index (χ2n) is 3.68. The molecule has 2 nitrogen and oxygen atoms in total. The highest BCUT2D eigenvalue weighted by molar-refractivity contribution is 6.33. The standard InChI is InChI=1S/C13H15ClN2/c1-2-16-8-7-11(10-16)9-15-13-6-4-3-5-12(13)14/h3-8,10,15H,2,9H2,1H3. The van der Waals surface area contributed by atoms with Gasteiger partial charge in [-0.3, -0.25) is 0 Å². The van der Waals surface area contributed by atoms with Gasteiger partial charge in [0.05, 0.1) is 10.7 Å². The van der Waals surface area contributed by atoms with Crippen LogP contribution >= 0.6 is 11.6 Å². The van der Waals surface area contributed by atoms with Crippen LogP contribution in [0.5, 0.6) is 0 Å². The fraction of sp³-hybridized carbons (Fsp3) is 0.231. The zero-order valence-electron chi connectivity index (χ0n) is 9.28. The van der Waals surface area contributed by atoms with Crippen molar-refractivity contribution >= 4 is 17.3 Å². The molecule has 0 saturated carbocycles. The molecule has 0 spiro atoms. The van der Waals surface area contributed by atoms with Crippen LogP contribution in [0, 0.1) is 0 Å². The van der Waals surface area contributed by atoms with Crippen molar-refractivity contribution in [2.24, 2.45) is 0 Å². The van der Waals surface area contributed by atoms with Gasteiger partial charge in [-0.2, -0.15) is 0 Å². The molecule has 2 aromatic rings. The molecule has 0 bridgehead atoms. The molecule has 0 saturated heterocycles. The SMILES string of the molecule is CCn1ccc(CNc2ccccc2Cl)c1. The minimum Gasteiger partial charge on any atom is -0.380 e. The summed E-state index contributed by atoms with van der Waals surface area (Å²) < 4.78 is 2.16. The first-order valence-corrected chi connectivity index (χ1v) is 5.80. The normalized spacial score (nSPS) is 10.4. The lowest BCUT2D eigenvalue weighted by Gasteiger charge is -2.06. The zero-order valence-corrected chi connectivity index (χ0v) is 10.0. The Balaban J connectivity index is 1.99. The average Bonchev–Trinajstić information content (AvgIpc) is 2.76. The van der Waals surface area contributed by atoms with Crippen molar-refractivity contribution in [1.29, 1.82) is 0 Å². The van der Waals surface area contributed by atoms with Gasteiger partial charge in [-0.25, -0.2) is 0 Å². The molecule has 0 aliphatic rings. The number of anilines is 1. The molecule has 0 aliphatic heterocycles. The highest BCUT2D eigenvalue weighted by atomic mass is 35.5. The van der Waals surface area contributed by atoms with Gasteiger partial charge in [-0.1, -0.05) is 23.7 Å². The van der Waals surface area contributed by atoms with Gasteiger partial charge >= 0.3 is 0 Å². The number of rotatable bonds is 4. The first-order valence-electron chi connectivity index (χ1n) is 5.42. The molecule has 0 atom stereocenters. The topological polar surface area (TPSA) is 17.0 Å². The van der Waals surface area contributed by atoms with E-state index in [0.29, 0.717) is 0 Å². The molecule has 1 aromatic heterocycles. The molecule has 0 unspecified atom stereocenters. The van der Waals surface area contributed by atoms with E-state index in [2.05, 4.69) is 35.3 Å². The summed E-state index contributed by atoms with van der Waals surface area (Å²) in [6.45, 7) is 3.94. The Kier molecular flexibility index (Phi) is 3.52. The summed E-state index contributed by atoms with van der Waals surface area (Å²) >= 11 is 6.06. The number of nitrogens with one attached hydrogen (secondary N) is 1. The summed E-state index contributed by atoms with van der Waals surface area (Å²) in [4.78, 5) is 0. The van der Waals surface area contributed by atoms with Crippen molar-refractivity contribution in [2.75, 3.05) is 5.32 Å². The van der Waals surface area contributed by atoms with Gasteiger partial charge in [0.25, 0.3) is 0 Å². The highest BCUT2D eigenvalue weighted by Crippen LogP contribution is 2.21. The van der Waals surface area contributed by atoms with Crippen LogP contribution in [0.3, 0.4) is 0 Å². The third-order valence-corrected chi connectivity index (χ3v) is 2.86. The molecule has 3 heteroatoms. The number of nitrogens with zero attached hydrogens (tertiary/aromatic N) is 1. The van der Waals surface area contributed by atoms with E-state index in [-0.39, 0.29) is 0 Å². The van der Waals surface area contributed by atoms with Crippen molar-refractivity contribution in [3.8, 4) is 0 Å². The van der Waals surface area contributed by atoms with Crippen LogP contribution in [-0.4, -0.2) is 4.57 Å². The number of aromatic nitrogens is 1. The molecule has 0 amide bonds. The number of halogens is 1. The van der Waals surface area contributed by atoms with Gasteiger partial charge in [0, 0.05) is 25.5 Å². The van der Waals surface area contributed by atoms with E-state index in [1.165, 1.54) is 5.56 Å². The molecule has 1 aromatic carbocycles. The van der Waals surface area contributed by atoms with Crippen molar-refractivity contribution in [3.63, 3.8) is 0 Å². The van der Waals surface area contributed by atoms with Crippen LogP contribution in [0.25, 0.3) is 0 Å². The predicted molar refractivity (Wildman–Crippen MR) is 68.9 cm³/mol. The lowest BCUT2D eigenvalue weighted by atomic mass is 10.3. The van der Waals surface area contributed by atoms with E-state index in [0.717, 1.165) is 23.8 Å². The van der Waals surface area contributed by atoms with Gasteiger partial charge in [-0.15, -0.1) is 0 Å². The number of para-hydroxylation sites is 1. The summed E-state index contributed by atoms with van der Waals surface area (Å²) in [5, 5.41) is 4.08. The van der Waals surface area contributed by atoms with E-state index in [9.17, 15) is 0 Å². The third kappa shape index (κ3) is 2.58. The van der Waals surface area contributed by atoms with Gasteiger partial charge in [-0.05, 0) is 30.7 Å². The number of hydrogen-bond donors (Lipinski definition) is 1. The van der Waals surface area contributed by atoms with Crippen LogP contribution < -0.4 is 5.32 Å². The Morgan fingerprint density at radius 2 is 2.06 bits per heavy atom. The van der Waals surface area contributed by atoms with Gasteiger partial charge < -0.3 is 9.88 Å². The second kappa shape index (κ2) is 5.08. The molecule has 0 fully saturated rings. The summed E-state index contributed by atoms with van der Waals surface area (Å²) in [5.41, 5.74) is 2.25. The molecule has 0 radical (unpaired) electrons. The summed E-state index contributed by atoms with van der Waals surface area (Å²) in [6, 6.07) is 9.90. The smallest absolute Gasteiger partial charge is 0.0637 e. The molecule has 1 N–H and O–H groups in total. The molecule has 2 rings (SSSR count). The van der Waals surface area contributed by atoms with Crippen LogP contribution in [0.15, 0.2) is 42.7 Å². The maximum atomic E-state index is 6.06. The lowest BCUT2D eigenvalue weighted by Crippen LogP contribution is -1.99. The van der Waals surface area contributed by atoms with E-state index >= 15 is 0 Å². The van der Waals surface area contributed by atoms with Crippen molar-refractivity contribution in [3.05, 3.63) is 53.3 Å². The quantitative estimate of drug-likeness (QED) is 0.852. The molecular formula is C13H15ClN2. The Morgan fingerprint density at radius 1 is 1.25 bits per heavy atom. The van der Waals surface area contributed by atoms with Gasteiger partial charge in [0.1, 0.15) is 0 Å². The number of aryl methyl sites for hydroxylation is 1. The lowest BCUT2D eigenvalue weighted by molar-refractivity contribution is 0.766. The van der Waals surface area contributed by atoms with E-state index in [4.69, 9.17) is 11.6 Å². The van der Waals surface area contributed by atoms with Crippen LogP contribution in [0.1, 0.15) is 12.5 Å². The number of hydrogen-bond acceptors (Lipinski definition) is 1. The molecular weight excluding hydrogens is 220 g/mol. The van der Waals surface area contributed by atoms with E-state index in [1.54, 1.807) is 0 Å². The maximum absolute atomic E-state index is 6.06. The maximum Gasteiger partial charge on any atom is 0.0637 e. The molecule has 1 heterocycles. The molecule has 0 aliphatic carbocycles. The van der Waals surface area contributed by atoms with Crippen LogP contribution in [0.4, 0.5) is 5.69 Å². The van der Waals surface area contributed by atoms with Crippen LogP contribution in [-0.2, 0) is 13.1 Å². The fourth-order valence-corrected chi connectivity index (χ4v) is 1.80. The van der Waals surface area contributed by atoms with E-state index < -0.39 is 0 Å². The van der Waals surface area contributed by atoms with Crippen molar-refractivity contribution in [2.45, 2.75) is 20.0 Å². The summed E-state index contributed by atoms with van der Waals surface area (Å²) in [7, 11) is 0. The van der Waals surface area contributed by atoms with E-state index in [1.807, 2.05) is 24.3 Å². The first kappa shape index (κ1) is 11.1. The Labute approximate surface area is 101 Å². The first-order chi connectivity index (χ1) is 7.79. The Bertz CT molecular complexity index is 462. The predicted octanol–water partition coefficient (Wildman–Crippen LogP) is 3.77. The Morgan fingerprint density at radius 3 is 2.75 bits per heavy atom. The summed E-state index contributed by atoms with van der Waals surface area (Å²) in [5.74, 6) is 0. The molecule has 84 valence electrons. The molecule has 16 heavy (non-hydrogen) atoms. The third-order valence-electron chi connectivity index (χ3n) is 2.53. The fourth-order valence-electron chi connectivity index (χ4n) is 1.59. The zero-order chi connectivity index (χ0) is 11.4. The second-order valence-corrected chi connectivity index (χ2v) is 4.09. The monoisotopic (exact) mass is 234 g/mol. The largest absolute Gasteiger partial charge is 0.380 e.